The smallest absolute Gasteiger partial charge is 0.302 e. The summed E-state index contributed by atoms with van der Waals surface area (Å²) in [6.45, 7) is 16.9. The van der Waals surface area contributed by atoms with E-state index >= 15 is 0 Å². The number of allylic oxidation sites excluding steroid dienone is 1. The summed E-state index contributed by atoms with van der Waals surface area (Å²) in [5.41, 5.74) is 1.34. The molecule has 0 radical (unpaired) electrons. The van der Waals surface area contributed by atoms with Crippen molar-refractivity contribution in [1.29, 1.82) is 0 Å². The van der Waals surface area contributed by atoms with Crippen LogP contribution in [-0.4, -0.2) is 37.3 Å². The first-order valence-electron chi connectivity index (χ1n) is 17.6. The average Bonchev–Trinajstić information content (AvgIpc) is 3.32. The second-order valence-corrected chi connectivity index (χ2v) is 19.7. The summed E-state index contributed by atoms with van der Waals surface area (Å²) in [4.78, 5) is 37.1. The zero-order chi connectivity index (χ0) is 33.3. The molecule has 5 rings (SSSR count). The van der Waals surface area contributed by atoms with Crippen LogP contribution < -0.4 is 10.4 Å². The Bertz CT molecular complexity index is 1350. The van der Waals surface area contributed by atoms with Crippen LogP contribution in [0.1, 0.15) is 106 Å². The molecule has 46 heavy (non-hydrogen) atoms. The standard InChI is InChI=1S/C40H56O5Si/c1-28-20-21-35-34(19-14-24-38(4,5)46(43,32-15-10-8-11-16-32)33-17-12-9-13-18-33)36(23-26-39(28,35)6)40(7)25-22-31(44-29(2)41)27-37(40)45-30(3)42/h8-13,15-18,31,34-37,43H,1,14,19-27H2,2-7H3/t31-,34-,35?,36?,37-,39+,40+/m0/s1. The van der Waals surface area contributed by atoms with Crippen molar-refractivity contribution in [2.24, 2.45) is 28.6 Å². The molecular formula is C40H56O5Si. The lowest BCUT2D eigenvalue weighted by molar-refractivity contribution is -0.179. The van der Waals surface area contributed by atoms with Crippen LogP contribution in [0, 0.1) is 28.6 Å². The number of benzene rings is 2. The van der Waals surface area contributed by atoms with Crippen LogP contribution >= 0.6 is 0 Å². The van der Waals surface area contributed by atoms with Gasteiger partial charge in [-0.25, -0.2) is 0 Å². The fraction of sp³-hybridized carbons (Fsp3) is 0.600. The fourth-order valence-corrected chi connectivity index (χ4v) is 13.9. The van der Waals surface area contributed by atoms with Crippen LogP contribution in [0.25, 0.3) is 0 Å². The highest BCUT2D eigenvalue weighted by Gasteiger charge is 2.58. The lowest BCUT2D eigenvalue weighted by Gasteiger charge is -2.56. The molecule has 3 saturated carbocycles. The number of hydrogen-bond donors (Lipinski definition) is 1. The molecule has 0 saturated heterocycles. The number of hydrogen-bond acceptors (Lipinski definition) is 5. The molecule has 250 valence electrons. The molecule has 5 nitrogen and oxygen atoms in total. The largest absolute Gasteiger partial charge is 0.462 e. The highest BCUT2D eigenvalue weighted by molar-refractivity contribution is 6.98. The fourth-order valence-electron chi connectivity index (χ4n) is 10.1. The van der Waals surface area contributed by atoms with E-state index in [1.807, 2.05) is 36.4 Å². The van der Waals surface area contributed by atoms with Gasteiger partial charge in [0.25, 0.3) is 8.32 Å². The van der Waals surface area contributed by atoms with E-state index < -0.39 is 8.32 Å². The topological polar surface area (TPSA) is 72.8 Å². The number of ether oxygens (including phenoxy) is 2. The highest BCUT2D eigenvalue weighted by Crippen LogP contribution is 2.64. The third kappa shape index (κ3) is 6.41. The number of carbonyl (C=O) groups is 2. The second-order valence-electron chi connectivity index (χ2n) is 15.8. The molecule has 3 aliphatic carbocycles. The maximum Gasteiger partial charge on any atom is 0.302 e. The van der Waals surface area contributed by atoms with Gasteiger partial charge in [-0.2, -0.15) is 0 Å². The molecule has 6 heteroatoms. The Morgan fingerprint density at radius 1 is 0.891 bits per heavy atom. The molecule has 3 fully saturated rings. The van der Waals surface area contributed by atoms with Crippen LogP contribution in [0.4, 0.5) is 0 Å². The lowest BCUT2D eigenvalue weighted by atomic mass is 9.50. The maximum absolute atomic E-state index is 12.8. The van der Waals surface area contributed by atoms with Crippen LogP contribution in [-0.2, 0) is 19.1 Å². The lowest BCUT2D eigenvalue weighted by Crippen LogP contribution is -2.65. The minimum Gasteiger partial charge on any atom is -0.462 e. The maximum atomic E-state index is 12.8. The molecule has 2 aromatic rings. The van der Waals surface area contributed by atoms with Gasteiger partial charge in [-0.15, -0.1) is 0 Å². The molecular weight excluding hydrogens is 589 g/mol. The molecule has 1 N–H and O–H groups in total. The zero-order valence-corrected chi connectivity index (χ0v) is 30.0. The minimum atomic E-state index is -3.10. The Hall–Kier alpha value is -2.70. The monoisotopic (exact) mass is 644 g/mol. The van der Waals surface area contributed by atoms with E-state index in [2.05, 4.69) is 58.5 Å². The van der Waals surface area contributed by atoms with E-state index in [0.29, 0.717) is 24.2 Å². The summed E-state index contributed by atoms with van der Waals surface area (Å²) in [5.74, 6) is 0.858. The summed E-state index contributed by atoms with van der Waals surface area (Å²) >= 11 is 0. The first-order chi connectivity index (χ1) is 21.7. The molecule has 2 unspecified atom stereocenters. The van der Waals surface area contributed by atoms with Crippen LogP contribution in [0.15, 0.2) is 72.8 Å². The van der Waals surface area contributed by atoms with Crippen molar-refractivity contribution in [2.75, 3.05) is 0 Å². The van der Waals surface area contributed by atoms with Crippen LogP contribution in [0.3, 0.4) is 0 Å². The van der Waals surface area contributed by atoms with Gasteiger partial charge < -0.3 is 14.3 Å². The molecule has 7 atom stereocenters. The molecule has 0 bridgehead atoms. The second kappa shape index (κ2) is 13.4. The number of carbonyl (C=O) groups excluding carboxylic acids is 2. The first-order valence-corrected chi connectivity index (χ1v) is 19.5. The first kappa shape index (κ1) is 34.6. The van der Waals surface area contributed by atoms with Crippen molar-refractivity contribution in [1.82, 2.24) is 0 Å². The van der Waals surface area contributed by atoms with Crippen molar-refractivity contribution in [3.63, 3.8) is 0 Å². The minimum absolute atomic E-state index is 0.141. The average molecular weight is 645 g/mol. The predicted octanol–water partition coefficient (Wildman–Crippen LogP) is 7.74. The summed E-state index contributed by atoms with van der Waals surface area (Å²) in [5, 5.41) is 1.82. The molecule has 3 aliphatic rings. The van der Waals surface area contributed by atoms with Crippen LogP contribution in [0.2, 0.25) is 5.04 Å². The zero-order valence-electron chi connectivity index (χ0n) is 29.0. The SMILES string of the molecule is C=C1CCC2[C@H](CCCC(C)(C)[Si](O)(c3ccccc3)c3ccccc3)C([C@@]3(C)CC[C@H](OC(C)=O)C[C@@H]3OC(C)=O)CC[C@]12C. The highest BCUT2D eigenvalue weighted by atomic mass is 28.4. The Morgan fingerprint density at radius 2 is 1.48 bits per heavy atom. The van der Waals surface area contributed by atoms with E-state index in [4.69, 9.17) is 9.47 Å². The molecule has 0 aromatic heterocycles. The summed E-state index contributed by atoms with van der Waals surface area (Å²) in [6, 6.07) is 20.7. The van der Waals surface area contributed by atoms with E-state index in [9.17, 15) is 14.4 Å². The Balaban J connectivity index is 1.43. The van der Waals surface area contributed by atoms with Gasteiger partial charge in [-0.05, 0) is 89.9 Å². The van der Waals surface area contributed by atoms with Gasteiger partial charge in [0.2, 0.25) is 0 Å². The van der Waals surface area contributed by atoms with Gasteiger partial charge >= 0.3 is 11.9 Å². The number of fused-ring (bicyclic) bond motifs is 1. The van der Waals surface area contributed by atoms with Gasteiger partial charge in [0.05, 0.1) is 0 Å². The van der Waals surface area contributed by atoms with Crippen molar-refractivity contribution >= 4 is 30.6 Å². The molecule has 0 spiro atoms. The van der Waals surface area contributed by atoms with Gasteiger partial charge in [0, 0.05) is 25.7 Å². The Morgan fingerprint density at radius 3 is 2.04 bits per heavy atom. The Kier molecular flexibility index (Phi) is 10.1. The molecule has 0 aliphatic heterocycles. The van der Waals surface area contributed by atoms with Crippen LogP contribution in [0.5, 0.6) is 0 Å². The normalized spacial score (nSPS) is 31.6. The predicted molar refractivity (Wildman–Crippen MR) is 187 cm³/mol. The van der Waals surface area contributed by atoms with E-state index in [1.54, 1.807) is 0 Å². The van der Waals surface area contributed by atoms with Gasteiger partial charge in [0.1, 0.15) is 12.2 Å². The van der Waals surface area contributed by atoms with Gasteiger partial charge in [0.15, 0.2) is 0 Å². The molecule has 0 amide bonds. The van der Waals surface area contributed by atoms with E-state index in [-0.39, 0.29) is 40.0 Å². The molecule has 2 aromatic carbocycles. The van der Waals surface area contributed by atoms with Crippen molar-refractivity contribution < 1.29 is 23.9 Å². The number of rotatable bonds is 10. The summed E-state index contributed by atoms with van der Waals surface area (Å²) < 4.78 is 11.8. The van der Waals surface area contributed by atoms with Gasteiger partial charge in [-0.3, -0.25) is 9.59 Å². The number of esters is 2. The van der Waals surface area contributed by atoms with Crippen molar-refractivity contribution in [2.45, 2.75) is 123 Å². The quantitative estimate of drug-likeness (QED) is 0.163. The van der Waals surface area contributed by atoms with E-state index in [0.717, 1.165) is 68.2 Å². The third-order valence-corrected chi connectivity index (χ3v) is 17.3. The van der Waals surface area contributed by atoms with Gasteiger partial charge in [-0.1, -0.05) is 107 Å². The summed E-state index contributed by atoms with van der Waals surface area (Å²) in [6.07, 6.45) is 9.20. The summed E-state index contributed by atoms with van der Waals surface area (Å²) in [7, 11) is -3.10. The Labute approximate surface area is 278 Å². The third-order valence-electron chi connectivity index (χ3n) is 12.8. The molecule has 0 heterocycles. The van der Waals surface area contributed by atoms with E-state index in [1.165, 1.54) is 19.4 Å². The van der Waals surface area contributed by atoms with Crippen molar-refractivity contribution in [3.8, 4) is 0 Å². The van der Waals surface area contributed by atoms with Crippen molar-refractivity contribution in [3.05, 3.63) is 72.8 Å².